The van der Waals surface area contributed by atoms with E-state index >= 15 is 0 Å². The molecule has 0 spiro atoms. The lowest BCUT2D eigenvalue weighted by Gasteiger charge is -2.27. The molecule has 6 nitrogen and oxygen atoms in total. The summed E-state index contributed by atoms with van der Waals surface area (Å²) in [5.74, 6) is -1.38. The topological polar surface area (TPSA) is 64.1 Å². The zero-order chi connectivity index (χ0) is 23.7. The first kappa shape index (κ1) is 22.6. The second-order valence-corrected chi connectivity index (χ2v) is 8.84. The van der Waals surface area contributed by atoms with Gasteiger partial charge in [-0.3, -0.25) is 9.59 Å². The molecule has 1 aliphatic rings. The SMILES string of the molecule is CN(C)CCN1C(=O)C(=O)/C(=C(\O)c2ccc3ccccc3c2)C1c1ccc(N(C)C)cc1. The molecule has 0 aromatic heterocycles. The Morgan fingerprint density at radius 2 is 1.58 bits per heavy atom. The number of rotatable bonds is 6. The summed E-state index contributed by atoms with van der Waals surface area (Å²) in [6, 6.07) is 20.5. The number of hydrogen-bond donors (Lipinski definition) is 1. The lowest BCUT2D eigenvalue weighted by Crippen LogP contribution is -2.35. The summed E-state index contributed by atoms with van der Waals surface area (Å²) < 4.78 is 0. The van der Waals surface area contributed by atoms with Gasteiger partial charge < -0.3 is 19.8 Å². The Bertz CT molecular complexity index is 1230. The molecule has 1 fully saturated rings. The van der Waals surface area contributed by atoms with Crippen molar-refractivity contribution in [3.63, 3.8) is 0 Å². The van der Waals surface area contributed by atoms with Crippen LogP contribution >= 0.6 is 0 Å². The number of fused-ring (bicyclic) bond motifs is 1. The van der Waals surface area contributed by atoms with Crippen molar-refractivity contribution < 1.29 is 14.7 Å². The minimum absolute atomic E-state index is 0.131. The number of amides is 1. The van der Waals surface area contributed by atoms with Gasteiger partial charge in [-0.2, -0.15) is 0 Å². The molecule has 0 bridgehead atoms. The van der Waals surface area contributed by atoms with Crippen molar-refractivity contribution in [1.29, 1.82) is 0 Å². The molecule has 33 heavy (non-hydrogen) atoms. The van der Waals surface area contributed by atoms with E-state index < -0.39 is 17.7 Å². The number of nitrogens with zero attached hydrogens (tertiary/aromatic N) is 3. The highest BCUT2D eigenvalue weighted by Gasteiger charge is 2.45. The Morgan fingerprint density at radius 3 is 2.21 bits per heavy atom. The van der Waals surface area contributed by atoms with Crippen molar-refractivity contribution >= 4 is 33.9 Å². The Labute approximate surface area is 194 Å². The molecule has 170 valence electrons. The Morgan fingerprint density at radius 1 is 0.909 bits per heavy atom. The summed E-state index contributed by atoms with van der Waals surface area (Å²) in [5, 5.41) is 13.3. The van der Waals surface area contributed by atoms with Crippen molar-refractivity contribution in [2.75, 3.05) is 46.2 Å². The van der Waals surface area contributed by atoms with Gasteiger partial charge in [0.25, 0.3) is 11.7 Å². The van der Waals surface area contributed by atoms with Crippen LogP contribution in [0, 0.1) is 0 Å². The maximum Gasteiger partial charge on any atom is 0.295 e. The molecule has 1 atom stereocenters. The van der Waals surface area contributed by atoms with Crippen molar-refractivity contribution in [2.24, 2.45) is 0 Å². The van der Waals surface area contributed by atoms with Gasteiger partial charge in [-0.1, -0.05) is 48.5 Å². The molecule has 1 N–H and O–H groups in total. The average Bonchev–Trinajstić information content (AvgIpc) is 3.06. The second-order valence-electron chi connectivity index (χ2n) is 8.84. The Hall–Kier alpha value is -3.64. The fourth-order valence-electron chi connectivity index (χ4n) is 4.21. The number of hydrogen-bond acceptors (Lipinski definition) is 5. The average molecular weight is 444 g/mol. The maximum absolute atomic E-state index is 13.2. The zero-order valence-electron chi connectivity index (χ0n) is 19.4. The van der Waals surface area contributed by atoms with Gasteiger partial charge in [-0.25, -0.2) is 0 Å². The predicted molar refractivity (Wildman–Crippen MR) is 132 cm³/mol. The third-order valence-corrected chi connectivity index (χ3v) is 6.08. The van der Waals surface area contributed by atoms with Gasteiger partial charge in [0.1, 0.15) is 5.76 Å². The first-order chi connectivity index (χ1) is 15.8. The van der Waals surface area contributed by atoms with Crippen LogP contribution in [0.15, 0.2) is 72.3 Å². The lowest BCUT2D eigenvalue weighted by molar-refractivity contribution is -0.140. The van der Waals surface area contributed by atoms with Crippen LogP contribution in [0.4, 0.5) is 5.69 Å². The summed E-state index contributed by atoms with van der Waals surface area (Å²) in [6.07, 6.45) is 0. The molecule has 1 saturated heterocycles. The van der Waals surface area contributed by atoms with E-state index in [0.29, 0.717) is 18.7 Å². The summed E-state index contributed by atoms with van der Waals surface area (Å²) in [4.78, 5) is 31.7. The number of aliphatic hydroxyl groups excluding tert-OH is 1. The second kappa shape index (κ2) is 9.08. The van der Waals surface area contributed by atoms with Crippen LogP contribution in [0.3, 0.4) is 0 Å². The molecule has 3 aromatic rings. The molecule has 0 aliphatic carbocycles. The van der Waals surface area contributed by atoms with E-state index in [1.54, 1.807) is 11.0 Å². The Balaban J connectivity index is 1.84. The van der Waals surface area contributed by atoms with Crippen LogP contribution in [0.1, 0.15) is 17.2 Å². The van der Waals surface area contributed by atoms with Gasteiger partial charge in [-0.05, 0) is 48.6 Å². The van der Waals surface area contributed by atoms with Gasteiger partial charge in [0.2, 0.25) is 0 Å². The molecule has 1 heterocycles. The van der Waals surface area contributed by atoms with Gasteiger partial charge in [0.15, 0.2) is 0 Å². The van der Waals surface area contributed by atoms with E-state index in [1.807, 2.05) is 98.7 Å². The van der Waals surface area contributed by atoms with Crippen molar-refractivity contribution in [1.82, 2.24) is 9.80 Å². The molecule has 3 aromatic carbocycles. The van der Waals surface area contributed by atoms with Crippen LogP contribution in [-0.4, -0.2) is 67.9 Å². The number of aliphatic hydroxyl groups is 1. The van der Waals surface area contributed by atoms with Gasteiger partial charge in [0, 0.05) is 38.4 Å². The standard InChI is InChI=1S/C27H29N3O3/c1-28(2)15-16-30-24(19-11-13-22(14-12-19)29(3)4)23(26(32)27(30)33)25(31)21-10-9-18-7-5-6-8-20(18)17-21/h5-14,17,24,31H,15-16H2,1-4H3/b25-23-. The minimum Gasteiger partial charge on any atom is -0.507 e. The highest BCUT2D eigenvalue weighted by Crippen LogP contribution is 2.40. The number of likely N-dealkylation sites (tertiary alicyclic amines) is 1. The van der Waals surface area contributed by atoms with Crippen LogP contribution in [0.5, 0.6) is 0 Å². The highest BCUT2D eigenvalue weighted by molar-refractivity contribution is 6.46. The third-order valence-electron chi connectivity index (χ3n) is 6.08. The van der Waals surface area contributed by atoms with E-state index in [1.165, 1.54) is 0 Å². The molecule has 4 rings (SSSR count). The molecule has 1 unspecified atom stereocenters. The largest absolute Gasteiger partial charge is 0.507 e. The van der Waals surface area contributed by atoms with Gasteiger partial charge >= 0.3 is 0 Å². The normalized spacial score (nSPS) is 17.8. The summed E-state index contributed by atoms with van der Waals surface area (Å²) in [5.41, 5.74) is 2.46. The molecular formula is C27H29N3O3. The summed E-state index contributed by atoms with van der Waals surface area (Å²) >= 11 is 0. The number of ketones is 1. The number of carbonyl (C=O) groups excluding carboxylic acids is 2. The van der Waals surface area contributed by atoms with Crippen LogP contribution < -0.4 is 4.90 Å². The van der Waals surface area contributed by atoms with Crippen molar-refractivity contribution in [3.05, 3.63) is 83.4 Å². The van der Waals surface area contributed by atoms with Crippen LogP contribution in [0.2, 0.25) is 0 Å². The van der Waals surface area contributed by atoms with E-state index in [4.69, 9.17) is 0 Å². The maximum atomic E-state index is 13.2. The first-order valence-corrected chi connectivity index (χ1v) is 11.0. The number of likely N-dealkylation sites (N-methyl/N-ethyl adjacent to an activating group) is 1. The van der Waals surface area contributed by atoms with Gasteiger partial charge in [0.05, 0.1) is 11.6 Å². The zero-order valence-corrected chi connectivity index (χ0v) is 19.4. The van der Waals surface area contributed by atoms with Gasteiger partial charge in [-0.15, -0.1) is 0 Å². The number of carbonyl (C=O) groups is 2. The predicted octanol–water partition coefficient (Wildman–Crippen LogP) is 3.89. The van der Waals surface area contributed by atoms with E-state index in [0.717, 1.165) is 22.0 Å². The molecule has 0 saturated carbocycles. The van der Waals surface area contributed by atoms with Crippen LogP contribution in [-0.2, 0) is 9.59 Å². The lowest BCUT2D eigenvalue weighted by atomic mass is 9.94. The van der Waals surface area contributed by atoms with E-state index in [9.17, 15) is 14.7 Å². The molecular weight excluding hydrogens is 414 g/mol. The summed E-state index contributed by atoms with van der Waals surface area (Å²) in [6.45, 7) is 0.988. The quantitative estimate of drug-likeness (QED) is 0.356. The molecule has 1 amide bonds. The van der Waals surface area contributed by atoms with Crippen molar-refractivity contribution in [3.8, 4) is 0 Å². The fourth-order valence-corrected chi connectivity index (χ4v) is 4.21. The first-order valence-electron chi connectivity index (χ1n) is 11.0. The fraction of sp³-hybridized carbons (Fsp3) is 0.259. The number of anilines is 1. The smallest absolute Gasteiger partial charge is 0.295 e. The Kier molecular flexibility index (Phi) is 6.20. The highest BCUT2D eigenvalue weighted by atomic mass is 16.3. The van der Waals surface area contributed by atoms with E-state index in [2.05, 4.69) is 0 Å². The molecule has 1 aliphatic heterocycles. The number of Topliss-reactive ketones (excluding diaryl/α,β-unsaturated/α-hetero) is 1. The monoisotopic (exact) mass is 443 g/mol. The molecule has 0 radical (unpaired) electrons. The summed E-state index contributed by atoms with van der Waals surface area (Å²) in [7, 11) is 7.76. The minimum atomic E-state index is -0.652. The van der Waals surface area contributed by atoms with Crippen molar-refractivity contribution in [2.45, 2.75) is 6.04 Å². The van der Waals surface area contributed by atoms with Crippen LogP contribution in [0.25, 0.3) is 16.5 Å². The molecule has 6 heteroatoms. The number of benzene rings is 3. The third kappa shape index (κ3) is 4.34. The van der Waals surface area contributed by atoms with E-state index in [-0.39, 0.29) is 11.3 Å².